The first-order valence-corrected chi connectivity index (χ1v) is 8.71. The second-order valence-electron chi connectivity index (χ2n) is 6.18. The fraction of sp³-hybridized carbons (Fsp3) is 0.238. The SMILES string of the molecule is CCN(c1ccccc1)c1cc(NC(C)C)nc(-c2ccccc2)n1. The van der Waals surface area contributed by atoms with E-state index in [4.69, 9.17) is 9.97 Å². The van der Waals surface area contributed by atoms with Crippen LogP contribution in [0.25, 0.3) is 11.4 Å². The number of nitrogens with one attached hydrogen (secondary N) is 1. The highest BCUT2D eigenvalue weighted by atomic mass is 15.2. The van der Waals surface area contributed by atoms with Gasteiger partial charge in [0.2, 0.25) is 0 Å². The van der Waals surface area contributed by atoms with E-state index in [0.29, 0.717) is 6.04 Å². The van der Waals surface area contributed by atoms with E-state index in [1.54, 1.807) is 0 Å². The van der Waals surface area contributed by atoms with Gasteiger partial charge >= 0.3 is 0 Å². The van der Waals surface area contributed by atoms with E-state index < -0.39 is 0 Å². The zero-order valence-electron chi connectivity index (χ0n) is 15.0. The molecule has 1 N–H and O–H groups in total. The van der Waals surface area contributed by atoms with E-state index in [1.165, 1.54) is 0 Å². The van der Waals surface area contributed by atoms with Crippen LogP contribution >= 0.6 is 0 Å². The second kappa shape index (κ2) is 7.79. The van der Waals surface area contributed by atoms with E-state index in [1.807, 2.05) is 54.6 Å². The number of para-hydroxylation sites is 1. The molecule has 0 fully saturated rings. The molecule has 0 saturated heterocycles. The molecule has 0 aliphatic heterocycles. The third kappa shape index (κ3) is 4.15. The van der Waals surface area contributed by atoms with Crippen molar-refractivity contribution in [3.63, 3.8) is 0 Å². The molecule has 0 unspecified atom stereocenters. The van der Waals surface area contributed by atoms with Crippen molar-refractivity contribution < 1.29 is 0 Å². The third-order valence-electron chi connectivity index (χ3n) is 3.84. The summed E-state index contributed by atoms with van der Waals surface area (Å²) in [6.07, 6.45) is 0. The van der Waals surface area contributed by atoms with Gasteiger partial charge in [0.15, 0.2) is 5.82 Å². The highest BCUT2D eigenvalue weighted by Crippen LogP contribution is 2.27. The van der Waals surface area contributed by atoms with Gasteiger partial charge in [0.05, 0.1) is 0 Å². The first-order valence-electron chi connectivity index (χ1n) is 8.71. The van der Waals surface area contributed by atoms with Gasteiger partial charge in [-0.15, -0.1) is 0 Å². The predicted octanol–water partition coefficient (Wildman–Crippen LogP) is 5.12. The number of benzene rings is 2. The van der Waals surface area contributed by atoms with Crippen molar-refractivity contribution in [2.75, 3.05) is 16.8 Å². The van der Waals surface area contributed by atoms with Gasteiger partial charge in [0, 0.05) is 29.9 Å². The Balaban J connectivity index is 2.08. The fourth-order valence-electron chi connectivity index (χ4n) is 2.74. The molecule has 1 heterocycles. The molecule has 0 radical (unpaired) electrons. The molecule has 0 bridgehead atoms. The van der Waals surface area contributed by atoms with Gasteiger partial charge in [0.25, 0.3) is 0 Å². The summed E-state index contributed by atoms with van der Waals surface area (Å²) in [6, 6.07) is 22.7. The molecule has 0 spiro atoms. The highest BCUT2D eigenvalue weighted by molar-refractivity contribution is 5.67. The molecule has 4 nitrogen and oxygen atoms in total. The molecule has 0 aliphatic rings. The summed E-state index contributed by atoms with van der Waals surface area (Å²) in [6.45, 7) is 7.18. The molecular formula is C21H24N4. The Labute approximate surface area is 149 Å². The lowest BCUT2D eigenvalue weighted by Crippen LogP contribution is -2.19. The minimum absolute atomic E-state index is 0.304. The van der Waals surface area contributed by atoms with Crippen LogP contribution in [0.4, 0.5) is 17.3 Å². The molecule has 4 heteroatoms. The van der Waals surface area contributed by atoms with Crippen molar-refractivity contribution >= 4 is 17.3 Å². The Morgan fingerprint density at radius 3 is 2.16 bits per heavy atom. The van der Waals surface area contributed by atoms with Crippen LogP contribution < -0.4 is 10.2 Å². The number of nitrogens with zero attached hydrogens (tertiary/aromatic N) is 3. The smallest absolute Gasteiger partial charge is 0.163 e. The van der Waals surface area contributed by atoms with Crippen LogP contribution in [0, 0.1) is 0 Å². The Hall–Kier alpha value is -2.88. The Morgan fingerprint density at radius 2 is 1.56 bits per heavy atom. The maximum Gasteiger partial charge on any atom is 0.163 e. The topological polar surface area (TPSA) is 41.0 Å². The second-order valence-corrected chi connectivity index (χ2v) is 6.18. The molecule has 0 atom stereocenters. The lowest BCUT2D eigenvalue weighted by molar-refractivity contribution is 0.884. The lowest BCUT2D eigenvalue weighted by Gasteiger charge is -2.23. The van der Waals surface area contributed by atoms with Crippen LogP contribution in [0.15, 0.2) is 66.7 Å². The van der Waals surface area contributed by atoms with Crippen molar-refractivity contribution in [2.45, 2.75) is 26.8 Å². The van der Waals surface area contributed by atoms with Gasteiger partial charge < -0.3 is 10.2 Å². The monoisotopic (exact) mass is 332 g/mol. The summed E-state index contributed by atoms with van der Waals surface area (Å²) in [5.41, 5.74) is 2.14. The minimum Gasteiger partial charge on any atom is -0.368 e. The molecular weight excluding hydrogens is 308 g/mol. The number of aromatic nitrogens is 2. The summed E-state index contributed by atoms with van der Waals surface area (Å²) < 4.78 is 0. The van der Waals surface area contributed by atoms with Crippen LogP contribution in [-0.4, -0.2) is 22.6 Å². The molecule has 3 aromatic rings. The van der Waals surface area contributed by atoms with Gasteiger partial charge in [-0.05, 0) is 32.9 Å². The molecule has 2 aromatic carbocycles. The first-order chi connectivity index (χ1) is 12.2. The average Bonchev–Trinajstić information content (AvgIpc) is 2.63. The molecule has 128 valence electrons. The first kappa shape index (κ1) is 17.0. The molecule has 1 aromatic heterocycles. The minimum atomic E-state index is 0.304. The maximum absolute atomic E-state index is 4.83. The molecule has 0 saturated carbocycles. The van der Waals surface area contributed by atoms with Gasteiger partial charge in [0.1, 0.15) is 11.6 Å². The Morgan fingerprint density at radius 1 is 0.920 bits per heavy atom. The highest BCUT2D eigenvalue weighted by Gasteiger charge is 2.13. The van der Waals surface area contributed by atoms with Crippen molar-refractivity contribution in [1.29, 1.82) is 0 Å². The third-order valence-corrected chi connectivity index (χ3v) is 3.84. The van der Waals surface area contributed by atoms with E-state index in [9.17, 15) is 0 Å². The zero-order valence-corrected chi connectivity index (χ0v) is 15.0. The summed E-state index contributed by atoms with van der Waals surface area (Å²) in [7, 11) is 0. The van der Waals surface area contributed by atoms with Gasteiger partial charge in [-0.1, -0.05) is 48.5 Å². The van der Waals surface area contributed by atoms with Crippen LogP contribution in [0.5, 0.6) is 0 Å². The van der Waals surface area contributed by atoms with Crippen LogP contribution in [-0.2, 0) is 0 Å². The predicted molar refractivity (Wildman–Crippen MR) is 105 cm³/mol. The largest absolute Gasteiger partial charge is 0.368 e. The number of hydrogen-bond donors (Lipinski definition) is 1. The summed E-state index contributed by atoms with van der Waals surface area (Å²) in [5, 5.41) is 3.41. The average molecular weight is 332 g/mol. The summed E-state index contributed by atoms with van der Waals surface area (Å²) in [4.78, 5) is 11.7. The fourth-order valence-corrected chi connectivity index (χ4v) is 2.74. The molecule has 0 amide bonds. The lowest BCUT2D eigenvalue weighted by atomic mass is 10.2. The van der Waals surface area contributed by atoms with Crippen LogP contribution in [0.1, 0.15) is 20.8 Å². The zero-order chi connectivity index (χ0) is 17.6. The van der Waals surface area contributed by atoms with Crippen LogP contribution in [0.2, 0.25) is 0 Å². The van der Waals surface area contributed by atoms with Crippen molar-refractivity contribution in [3.8, 4) is 11.4 Å². The van der Waals surface area contributed by atoms with E-state index in [-0.39, 0.29) is 0 Å². The van der Waals surface area contributed by atoms with Crippen LogP contribution in [0.3, 0.4) is 0 Å². The van der Waals surface area contributed by atoms with E-state index in [2.05, 4.69) is 43.1 Å². The number of anilines is 3. The Bertz CT molecular complexity index is 801. The van der Waals surface area contributed by atoms with Gasteiger partial charge in [-0.3, -0.25) is 0 Å². The van der Waals surface area contributed by atoms with E-state index in [0.717, 1.165) is 35.3 Å². The normalized spacial score (nSPS) is 10.7. The van der Waals surface area contributed by atoms with Crippen molar-refractivity contribution in [3.05, 3.63) is 66.7 Å². The quantitative estimate of drug-likeness (QED) is 0.680. The summed E-state index contributed by atoms with van der Waals surface area (Å²) in [5.74, 6) is 2.47. The van der Waals surface area contributed by atoms with Gasteiger partial charge in [-0.2, -0.15) is 0 Å². The molecule has 0 aliphatic carbocycles. The number of hydrogen-bond acceptors (Lipinski definition) is 4. The number of rotatable bonds is 6. The standard InChI is InChI=1S/C21H24N4/c1-4-25(18-13-9-6-10-14-18)20-15-19(22-16(2)3)23-21(24-20)17-11-7-5-8-12-17/h5-16H,4H2,1-3H3,(H,22,23,24). The Kier molecular flexibility index (Phi) is 5.29. The molecule has 25 heavy (non-hydrogen) atoms. The molecule has 3 rings (SSSR count). The van der Waals surface area contributed by atoms with E-state index >= 15 is 0 Å². The van der Waals surface area contributed by atoms with Crippen molar-refractivity contribution in [1.82, 2.24) is 9.97 Å². The van der Waals surface area contributed by atoms with Crippen molar-refractivity contribution in [2.24, 2.45) is 0 Å². The maximum atomic E-state index is 4.83. The summed E-state index contributed by atoms with van der Waals surface area (Å²) >= 11 is 0. The van der Waals surface area contributed by atoms with Gasteiger partial charge in [-0.25, -0.2) is 9.97 Å².